The van der Waals surface area contributed by atoms with E-state index in [2.05, 4.69) is 52.2 Å². The number of aromatic nitrogens is 1. The zero-order valence-electron chi connectivity index (χ0n) is 17.5. The van der Waals surface area contributed by atoms with E-state index in [4.69, 9.17) is 0 Å². The molecular weight excluding hydrogens is 360 g/mol. The minimum Gasteiger partial charge on any atom is -0.355 e. The average molecular weight is 393 g/mol. The van der Waals surface area contributed by atoms with E-state index in [1.807, 2.05) is 17.0 Å². The first-order valence-corrected chi connectivity index (χ1v) is 10.9. The molecule has 0 radical (unpaired) electrons. The van der Waals surface area contributed by atoms with Crippen molar-refractivity contribution in [1.29, 1.82) is 0 Å². The molecule has 0 aliphatic carbocycles. The summed E-state index contributed by atoms with van der Waals surface area (Å²) >= 11 is 0. The maximum Gasteiger partial charge on any atom is 0.255 e. The first-order valence-electron chi connectivity index (χ1n) is 10.9. The first-order chi connectivity index (χ1) is 14.2. The van der Waals surface area contributed by atoms with Gasteiger partial charge in [-0.3, -0.25) is 4.79 Å². The summed E-state index contributed by atoms with van der Waals surface area (Å²) in [6, 6.07) is 14.7. The average Bonchev–Trinajstić information content (AvgIpc) is 3.15. The molecule has 2 aliphatic heterocycles. The molecule has 1 atom stereocenters. The van der Waals surface area contributed by atoms with Gasteiger partial charge in [-0.15, -0.1) is 0 Å². The van der Waals surface area contributed by atoms with E-state index in [1.54, 1.807) is 6.20 Å². The minimum absolute atomic E-state index is 0.119. The molecular formula is C24H32N4O. The monoisotopic (exact) mass is 392 g/mol. The van der Waals surface area contributed by atoms with Crippen LogP contribution < -0.4 is 4.90 Å². The topological polar surface area (TPSA) is 39.7 Å². The number of carbonyl (C=O) groups excluding carboxylic acids is 1. The van der Waals surface area contributed by atoms with Gasteiger partial charge in [-0.25, -0.2) is 4.98 Å². The molecule has 2 aromatic rings. The summed E-state index contributed by atoms with van der Waals surface area (Å²) in [5.74, 6) is 1.65. The maximum atomic E-state index is 13.0. The van der Waals surface area contributed by atoms with Crippen LogP contribution in [0.2, 0.25) is 0 Å². The second-order valence-corrected chi connectivity index (χ2v) is 8.38. The van der Waals surface area contributed by atoms with Crippen LogP contribution in [0.4, 0.5) is 5.82 Å². The van der Waals surface area contributed by atoms with E-state index in [9.17, 15) is 4.79 Å². The normalized spacial score (nSPS) is 21.5. The molecule has 0 saturated carbocycles. The Hall–Kier alpha value is -2.40. The third-order valence-corrected chi connectivity index (χ3v) is 6.32. The molecule has 154 valence electrons. The molecule has 3 heterocycles. The van der Waals surface area contributed by atoms with Crippen LogP contribution in [-0.4, -0.2) is 67.0 Å². The fourth-order valence-corrected chi connectivity index (χ4v) is 4.52. The molecule has 1 aromatic heterocycles. The number of anilines is 1. The van der Waals surface area contributed by atoms with Gasteiger partial charge < -0.3 is 14.7 Å². The predicted octanol–water partition coefficient (Wildman–Crippen LogP) is 3.63. The third kappa shape index (κ3) is 4.96. The van der Waals surface area contributed by atoms with E-state index in [0.29, 0.717) is 11.5 Å². The molecule has 5 heteroatoms. The van der Waals surface area contributed by atoms with Gasteiger partial charge in [-0.2, -0.15) is 0 Å². The van der Waals surface area contributed by atoms with Crippen LogP contribution in [0.15, 0.2) is 48.7 Å². The summed E-state index contributed by atoms with van der Waals surface area (Å²) in [5, 5.41) is 0. The van der Waals surface area contributed by atoms with Gasteiger partial charge in [0.15, 0.2) is 0 Å². The van der Waals surface area contributed by atoms with Gasteiger partial charge in [-0.1, -0.05) is 30.3 Å². The number of hydrogen-bond acceptors (Lipinski definition) is 4. The van der Waals surface area contributed by atoms with Crippen LogP contribution in [0.1, 0.15) is 47.5 Å². The number of pyridine rings is 1. The number of likely N-dealkylation sites (tertiary alicyclic amines) is 1. The molecule has 0 spiro atoms. The lowest BCUT2D eigenvalue weighted by atomic mass is 9.92. The van der Waals surface area contributed by atoms with E-state index >= 15 is 0 Å². The zero-order chi connectivity index (χ0) is 20.1. The van der Waals surface area contributed by atoms with Crippen LogP contribution >= 0.6 is 0 Å². The Labute approximate surface area is 174 Å². The Kier molecular flexibility index (Phi) is 6.45. The molecule has 2 aliphatic rings. The first kappa shape index (κ1) is 19.9. The summed E-state index contributed by atoms with van der Waals surface area (Å²) < 4.78 is 0. The van der Waals surface area contributed by atoms with Crippen LogP contribution in [0.5, 0.6) is 0 Å². The van der Waals surface area contributed by atoms with Crippen molar-refractivity contribution in [1.82, 2.24) is 14.8 Å². The lowest BCUT2D eigenvalue weighted by Gasteiger charge is -2.23. The molecule has 5 nitrogen and oxygen atoms in total. The van der Waals surface area contributed by atoms with Gasteiger partial charge in [0.05, 0.1) is 5.56 Å². The fraction of sp³-hybridized carbons (Fsp3) is 0.500. The Morgan fingerprint density at radius 3 is 2.55 bits per heavy atom. The Morgan fingerprint density at radius 2 is 1.76 bits per heavy atom. The number of amides is 1. The van der Waals surface area contributed by atoms with Crippen molar-refractivity contribution < 1.29 is 4.79 Å². The molecule has 29 heavy (non-hydrogen) atoms. The third-order valence-electron chi connectivity index (χ3n) is 6.32. The van der Waals surface area contributed by atoms with Gasteiger partial charge in [-0.05, 0) is 62.9 Å². The van der Waals surface area contributed by atoms with Crippen molar-refractivity contribution in [3.8, 4) is 0 Å². The van der Waals surface area contributed by atoms with Crippen LogP contribution in [-0.2, 0) is 0 Å². The van der Waals surface area contributed by atoms with Crippen LogP contribution in [0.25, 0.3) is 0 Å². The summed E-state index contributed by atoms with van der Waals surface area (Å²) in [4.78, 5) is 24.4. The van der Waals surface area contributed by atoms with Gasteiger partial charge in [0.1, 0.15) is 5.82 Å². The number of likely N-dealkylation sites (N-methyl/N-ethyl adjacent to an activating group) is 1. The Balaban J connectivity index is 1.38. The van der Waals surface area contributed by atoms with Gasteiger partial charge in [0, 0.05) is 38.9 Å². The van der Waals surface area contributed by atoms with Crippen molar-refractivity contribution in [3.63, 3.8) is 0 Å². The van der Waals surface area contributed by atoms with Gasteiger partial charge in [0.2, 0.25) is 0 Å². The quantitative estimate of drug-likeness (QED) is 0.800. The molecule has 2 saturated heterocycles. The highest BCUT2D eigenvalue weighted by Crippen LogP contribution is 2.28. The standard InChI is InChI=1S/C24H32N4O/c1-26-13-6-15-27(18-17-26)23-11-10-22(19-25-23)24(29)28-14-5-9-21(12-16-28)20-7-3-2-4-8-20/h2-4,7-8,10-11,19,21H,5-6,9,12-18H2,1H3. The minimum atomic E-state index is 0.119. The lowest BCUT2D eigenvalue weighted by Crippen LogP contribution is -2.32. The second kappa shape index (κ2) is 9.40. The van der Waals surface area contributed by atoms with Crippen molar-refractivity contribution in [2.75, 3.05) is 51.2 Å². The summed E-state index contributed by atoms with van der Waals surface area (Å²) in [5.41, 5.74) is 2.11. The number of hydrogen-bond donors (Lipinski definition) is 0. The smallest absolute Gasteiger partial charge is 0.255 e. The zero-order valence-corrected chi connectivity index (χ0v) is 17.5. The largest absolute Gasteiger partial charge is 0.355 e. The molecule has 2 fully saturated rings. The predicted molar refractivity (Wildman–Crippen MR) is 118 cm³/mol. The molecule has 1 aromatic carbocycles. The number of benzene rings is 1. The second-order valence-electron chi connectivity index (χ2n) is 8.38. The highest BCUT2D eigenvalue weighted by atomic mass is 16.2. The molecule has 4 rings (SSSR count). The lowest BCUT2D eigenvalue weighted by molar-refractivity contribution is 0.0760. The maximum absolute atomic E-state index is 13.0. The summed E-state index contributed by atoms with van der Waals surface area (Å²) in [6.45, 7) is 5.85. The van der Waals surface area contributed by atoms with Crippen molar-refractivity contribution in [2.24, 2.45) is 0 Å². The highest BCUT2D eigenvalue weighted by molar-refractivity contribution is 5.94. The van der Waals surface area contributed by atoms with Crippen molar-refractivity contribution in [3.05, 3.63) is 59.8 Å². The van der Waals surface area contributed by atoms with E-state index in [0.717, 1.165) is 70.8 Å². The van der Waals surface area contributed by atoms with E-state index < -0.39 is 0 Å². The molecule has 0 N–H and O–H groups in total. The Bertz CT molecular complexity index is 792. The highest BCUT2D eigenvalue weighted by Gasteiger charge is 2.23. The number of rotatable bonds is 3. The molecule has 1 amide bonds. The van der Waals surface area contributed by atoms with Crippen LogP contribution in [0.3, 0.4) is 0 Å². The fourth-order valence-electron chi connectivity index (χ4n) is 4.52. The summed E-state index contributed by atoms with van der Waals surface area (Å²) in [6.07, 6.45) is 6.15. The Morgan fingerprint density at radius 1 is 0.897 bits per heavy atom. The number of nitrogens with zero attached hydrogens (tertiary/aromatic N) is 4. The number of carbonyl (C=O) groups is 1. The van der Waals surface area contributed by atoms with Crippen molar-refractivity contribution >= 4 is 11.7 Å². The SMILES string of the molecule is CN1CCCN(c2ccc(C(=O)N3CCCC(c4ccccc4)CC3)cn2)CC1. The molecule has 0 bridgehead atoms. The van der Waals surface area contributed by atoms with Crippen molar-refractivity contribution in [2.45, 2.75) is 31.6 Å². The summed E-state index contributed by atoms with van der Waals surface area (Å²) in [7, 11) is 2.17. The molecule has 1 unspecified atom stereocenters. The van der Waals surface area contributed by atoms with Gasteiger partial charge in [0.25, 0.3) is 5.91 Å². The van der Waals surface area contributed by atoms with E-state index in [-0.39, 0.29) is 5.91 Å². The van der Waals surface area contributed by atoms with E-state index in [1.165, 1.54) is 5.56 Å². The van der Waals surface area contributed by atoms with Crippen LogP contribution in [0, 0.1) is 0 Å². The van der Waals surface area contributed by atoms with Gasteiger partial charge >= 0.3 is 0 Å².